The molecule has 1 aromatic heterocycles. The van der Waals surface area contributed by atoms with Crippen LogP contribution >= 0.6 is 12.2 Å². The first kappa shape index (κ1) is 13.3. The highest BCUT2D eigenvalue weighted by atomic mass is 32.1. The Kier molecular flexibility index (Phi) is 4.17. The van der Waals surface area contributed by atoms with Gasteiger partial charge in [0.15, 0.2) is 0 Å². The summed E-state index contributed by atoms with van der Waals surface area (Å²) in [4.78, 5) is 7.05. The molecule has 4 heteroatoms. The van der Waals surface area contributed by atoms with Gasteiger partial charge in [-0.05, 0) is 37.3 Å². The molecule has 0 bridgehead atoms. The molecule has 1 aliphatic carbocycles. The Hall–Kier alpha value is -1.16. The molecule has 1 aliphatic rings. The van der Waals surface area contributed by atoms with Gasteiger partial charge in [0.1, 0.15) is 4.99 Å². The van der Waals surface area contributed by atoms with Crippen molar-refractivity contribution in [1.29, 1.82) is 0 Å². The van der Waals surface area contributed by atoms with Gasteiger partial charge in [-0.15, -0.1) is 0 Å². The number of pyridine rings is 1. The van der Waals surface area contributed by atoms with Crippen molar-refractivity contribution in [3.63, 3.8) is 0 Å². The predicted octanol–water partition coefficient (Wildman–Crippen LogP) is 2.73. The van der Waals surface area contributed by atoms with E-state index in [0.717, 1.165) is 18.2 Å². The fraction of sp³-hybridized carbons (Fsp3) is 0.571. The Balaban J connectivity index is 2.14. The Morgan fingerprint density at radius 2 is 2.28 bits per heavy atom. The van der Waals surface area contributed by atoms with Gasteiger partial charge in [-0.25, -0.2) is 0 Å². The molecule has 18 heavy (non-hydrogen) atoms. The summed E-state index contributed by atoms with van der Waals surface area (Å²) < 4.78 is 0. The van der Waals surface area contributed by atoms with E-state index in [1.165, 1.54) is 24.9 Å². The minimum atomic E-state index is 0.372. The Labute approximate surface area is 114 Å². The number of nitrogens with two attached hydrogens (primary N) is 1. The smallest absolute Gasteiger partial charge is 0.122 e. The summed E-state index contributed by atoms with van der Waals surface area (Å²) in [5.74, 6) is 0.725. The lowest BCUT2D eigenvalue weighted by atomic mass is 10.1. The molecule has 2 N–H and O–H groups in total. The minimum Gasteiger partial charge on any atom is -0.388 e. The summed E-state index contributed by atoms with van der Waals surface area (Å²) in [6, 6.07) is 4.77. The van der Waals surface area contributed by atoms with E-state index in [9.17, 15) is 0 Å². The van der Waals surface area contributed by atoms with E-state index in [-0.39, 0.29) is 0 Å². The number of hydrogen-bond acceptors (Lipinski definition) is 3. The van der Waals surface area contributed by atoms with Gasteiger partial charge in [0.2, 0.25) is 0 Å². The van der Waals surface area contributed by atoms with Crippen LogP contribution in [0.5, 0.6) is 0 Å². The van der Waals surface area contributed by atoms with Crippen molar-refractivity contribution in [2.45, 2.75) is 39.2 Å². The van der Waals surface area contributed by atoms with Gasteiger partial charge >= 0.3 is 0 Å². The van der Waals surface area contributed by atoms with Crippen LogP contribution in [-0.2, 0) is 0 Å². The first-order chi connectivity index (χ1) is 8.58. The van der Waals surface area contributed by atoms with Crippen LogP contribution in [0.2, 0.25) is 0 Å². The monoisotopic (exact) mass is 263 g/mol. The fourth-order valence-corrected chi connectivity index (χ4v) is 2.15. The van der Waals surface area contributed by atoms with Crippen LogP contribution in [0.1, 0.15) is 38.8 Å². The molecule has 0 spiro atoms. The predicted molar refractivity (Wildman–Crippen MR) is 79.9 cm³/mol. The van der Waals surface area contributed by atoms with Gasteiger partial charge in [0, 0.05) is 24.5 Å². The van der Waals surface area contributed by atoms with E-state index in [2.05, 4.69) is 29.8 Å². The molecule has 0 unspecified atom stereocenters. The number of aromatic nitrogens is 1. The van der Waals surface area contributed by atoms with Gasteiger partial charge in [-0.1, -0.05) is 26.1 Å². The van der Waals surface area contributed by atoms with Crippen molar-refractivity contribution >= 4 is 22.9 Å². The summed E-state index contributed by atoms with van der Waals surface area (Å²) in [5.41, 5.74) is 7.57. The van der Waals surface area contributed by atoms with Crippen LogP contribution in [0.25, 0.3) is 0 Å². The molecule has 3 nitrogen and oxygen atoms in total. The van der Waals surface area contributed by atoms with Crippen LogP contribution in [-0.4, -0.2) is 22.6 Å². The van der Waals surface area contributed by atoms with Gasteiger partial charge in [0.25, 0.3) is 0 Å². The lowest BCUT2D eigenvalue weighted by Crippen LogP contribution is -2.28. The van der Waals surface area contributed by atoms with Crippen molar-refractivity contribution < 1.29 is 0 Å². The maximum atomic E-state index is 5.65. The van der Waals surface area contributed by atoms with Crippen molar-refractivity contribution in [1.82, 2.24) is 4.98 Å². The molecule has 98 valence electrons. The Morgan fingerprint density at radius 1 is 1.56 bits per heavy atom. The second kappa shape index (κ2) is 5.65. The molecule has 1 aromatic rings. The molecule has 1 saturated carbocycles. The quantitative estimate of drug-likeness (QED) is 0.801. The number of thiocarbonyl (C=S) groups is 1. The van der Waals surface area contributed by atoms with E-state index in [4.69, 9.17) is 18.0 Å². The fourth-order valence-electron chi connectivity index (χ4n) is 2.04. The molecule has 0 amide bonds. The molecule has 0 aliphatic heterocycles. The van der Waals surface area contributed by atoms with Crippen LogP contribution in [0.4, 0.5) is 5.69 Å². The number of anilines is 1. The molecular formula is C14H21N3S. The maximum absolute atomic E-state index is 5.65. The molecule has 1 fully saturated rings. The van der Waals surface area contributed by atoms with E-state index >= 15 is 0 Å². The van der Waals surface area contributed by atoms with Crippen LogP contribution < -0.4 is 10.6 Å². The van der Waals surface area contributed by atoms with Gasteiger partial charge < -0.3 is 10.6 Å². The van der Waals surface area contributed by atoms with Crippen LogP contribution in [0.15, 0.2) is 18.3 Å². The number of rotatable bonds is 6. The van der Waals surface area contributed by atoms with Crippen molar-refractivity contribution in [2.75, 3.05) is 11.4 Å². The largest absolute Gasteiger partial charge is 0.388 e. The summed E-state index contributed by atoms with van der Waals surface area (Å²) in [5, 5.41) is 0. The molecule has 0 saturated heterocycles. The van der Waals surface area contributed by atoms with E-state index < -0.39 is 0 Å². The zero-order valence-corrected chi connectivity index (χ0v) is 11.9. The first-order valence-electron chi connectivity index (χ1n) is 6.60. The number of hydrogen-bond donors (Lipinski definition) is 1. The summed E-state index contributed by atoms with van der Waals surface area (Å²) >= 11 is 4.99. The van der Waals surface area contributed by atoms with Gasteiger partial charge in [-0.3, -0.25) is 4.98 Å². The highest BCUT2D eigenvalue weighted by Gasteiger charge is 2.29. The van der Waals surface area contributed by atoms with Gasteiger partial charge in [0.05, 0.1) is 5.69 Å². The third-order valence-electron chi connectivity index (χ3n) is 3.26. The average Bonchev–Trinajstić information content (AvgIpc) is 3.14. The van der Waals surface area contributed by atoms with Gasteiger partial charge in [-0.2, -0.15) is 0 Å². The zero-order valence-electron chi connectivity index (χ0n) is 11.1. The minimum absolute atomic E-state index is 0.372. The highest BCUT2D eigenvalue weighted by molar-refractivity contribution is 7.80. The third-order valence-corrected chi connectivity index (χ3v) is 3.47. The first-order valence-corrected chi connectivity index (χ1v) is 7.01. The Bertz CT molecular complexity index is 427. The van der Waals surface area contributed by atoms with E-state index in [1.54, 1.807) is 6.20 Å². The number of nitrogens with zero attached hydrogens (tertiary/aromatic N) is 2. The summed E-state index contributed by atoms with van der Waals surface area (Å²) in [6.45, 7) is 5.62. The lowest BCUT2D eigenvalue weighted by Gasteiger charge is -2.25. The average molecular weight is 263 g/mol. The van der Waals surface area contributed by atoms with E-state index in [0.29, 0.717) is 11.0 Å². The molecule has 0 radical (unpaired) electrons. The van der Waals surface area contributed by atoms with Crippen molar-refractivity contribution in [2.24, 2.45) is 11.7 Å². The summed E-state index contributed by atoms with van der Waals surface area (Å²) in [6.07, 6.45) is 5.60. The van der Waals surface area contributed by atoms with Crippen LogP contribution in [0, 0.1) is 5.92 Å². The second-order valence-corrected chi connectivity index (χ2v) is 5.81. The standard InChI is InChI=1S/C14H21N3S/c1-10(2)6-8-17(11-3-4-11)12-5-7-16-13(9-12)14(15)18/h5,7,9-11H,3-4,6,8H2,1-2H3,(H2,15,18). The maximum Gasteiger partial charge on any atom is 0.122 e. The van der Waals surface area contributed by atoms with E-state index in [1.807, 2.05) is 6.07 Å². The molecule has 2 rings (SSSR count). The molecular weight excluding hydrogens is 242 g/mol. The highest BCUT2D eigenvalue weighted by Crippen LogP contribution is 2.32. The van der Waals surface area contributed by atoms with Crippen molar-refractivity contribution in [3.05, 3.63) is 24.0 Å². The molecule has 0 aromatic carbocycles. The molecule has 1 heterocycles. The molecule has 0 atom stereocenters. The second-order valence-electron chi connectivity index (χ2n) is 5.37. The van der Waals surface area contributed by atoms with Crippen molar-refractivity contribution in [3.8, 4) is 0 Å². The topological polar surface area (TPSA) is 42.2 Å². The third kappa shape index (κ3) is 3.42. The lowest BCUT2D eigenvalue weighted by molar-refractivity contribution is 0.570. The summed E-state index contributed by atoms with van der Waals surface area (Å²) in [7, 11) is 0. The Morgan fingerprint density at radius 3 is 2.83 bits per heavy atom. The zero-order chi connectivity index (χ0) is 13.1. The normalized spacial score (nSPS) is 14.8. The van der Waals surface area contributed by atoms with Crippen LogP contribution in [0.3, 0.4) is 0 Å². The SMILES string of the molecule is CC(C)CCN(c1ccnc(C(N)=S)c1)C1CC1.